The summed E-state index contributed by atoms with van der Waals surface area (Å²) in [5.74, 6) is -1.08. The second kappa shape index (κ2) is 10.7. The van der Waals surface area contributed by atoms with E-state index < -0.39 is 27.4 Å². The number of hydrogen-bond acceptors (Lipinski definition) is 6. The fraction of sp³-hybridized carbons (Fsp3) is 0.406. The van der Waals surface area contributed by atoms with Crippen molar-refractivity contribution < 1.29 is 24.2 Å². The zero-order chi connectivity index (χ0) is 28.8. The number of aliphatic hydroxyl groups is 1. The molecular weight excluding hydrogens is 538 g/mol. The molecule has 0 aliphatic carbocycles. The Morgan fingerprint density at radius 3 is 2.37 bits per heavy atom. The Morgan fingerprint density at radius 1 is 0.927 bits per heavy atom. The summed E-state index contributed by atoms with van der Waals surface area (Å²) in [6.07, 6.45) is 8.44. The number of nitrogens with zero attached hydrogens (tertiary/aromatic N) is 3. The van der Waals surface area contributed by atoms with E-state index >= 15 is 0 Å². The molecule has 9 heteroatoms. The van der Waals surface area contributed by atoms with Gasteiger partial charge in [0, 0.05) is 43.2 Å². The topological polar surface area (TPSA) is 90.4 Å². The molecule has 8 nitrogen and oxygen atoms in total. The third kappa shape index (κ3) is 4.46. The first-order valence-electron chi connectivity index (χ1n) is 14.1. The predicted octanol–water partition coefficient (Wildman–Crippen LogP) is 3.27. The Morgan fingerprint density at radius 2 is 1.66 bits per heavy atom. The van der Waals surface area contributed by atoms with Crippen molar-refractivity contribution in [2.75, 3.05) is 38.3 Å². The van der Waals surface area contributed by atoms with Crippen LogP contribution in [0.25, 0.3) is 0 Å². The van der Waals surface area contributed by atoms with Crippen LogP contribution < -0.4 is 9.64 Å². The zero-order valence-electron chi connectivity index (χ0n) is 23.3. The lowest BCUT2D eigenvalue weighted by molar-refractivity contribution is -0.144. The lowest BCUT2D eigenvalue weighted by Crippen LogP contribution is -2.53. The van der Waals surface area contributed by atoms with Crippen molar-refractivity contribution in [3.63, 3.8) is 0 Å². The molecule has 4 aliphatic heterocycles. The lowest BCUT2D eigenvalue weighted by Gasteiger charge is -2.36. The molecule has 0 aromatic heterocycles. The second-order valence-corrected chi connectivity index (χ2v) is 13.1. The van der Waals surface area contributed by atoms with Crippen LogP contribution >= 0.6 is 11.8 Å². The largest absolute Gasteiger partial charge is 0.497 e. The number of benzene rings is 2. The van der Waals surface area contributed by atoms with Gasteiger partial charge in [-0.3, -0.25) is 14.4 Å². The summed E-state index contributed by atoms with van der Waals surface area (Å²) in [6.45, 7) is 3.45. The summed E-state index contributed by atoms with van der Waals surface area (Å²) in [5.41, 5.74) is 1.74. The van der Waals surface area contributed by atoms with Crippen LogP contribution in [0.3, 0.4) is 0 Å². The highest BCUT2D eigenvalue weighted by Crippen LogP contribution is 2.65. The fourth-order valence-electron chi connectivity index (χ4n) is 6.99. The van der Waals surface area contributed by atoms with Gasteiger partial charge in [0.25, 0.3) is 5.91 Å². The van der Waals surface area contributed by atoms with Gasteiger partial charge in [0.15, 0.2) is 0 Å². The van der Waals surface area contributed by atoms with Gasteiger partial charge < -0.3 is 24.5 Å². The SMILES string of the molecule is COc1ccc(N2CC=C[C@]34S[C@]5(C)C=CCN(Cc6ccccc6)C(=O)[C@@H]5[C@H]3C(=O)N(CCCO)C4C2=O)cc1. The number of methoxy groups -OCH3 is 1. The third-order valence-corrected chi connectivity index (χ3v) is 10.6. The number of fused-ring (bicyclic) bond motifs is 2. The molecule has 1 spiro atoms. The van der Waals surface area contributed by atoms with Crippen molar-refractivity contribution in [2.45, 2.75) is 35.4 Å². The van der Waals surface area contributed by atoms with E-state index in [2.05, 4.69) is 6.08 Å². The van der Waals surface area contributed by atoms with Crippen molar-refractivity contribution in [2.24, 2.45) is 11.8 Å². The van der Waals surface area contributed by atoms with E-state index in [1.807, 2.05) is 84.6 Å². The summed E-state index contributed by atoms with van der Waals surface area (Å²) < 4.78 is 3.72. The van der Waals surface area contributed by atoms with Gasteiger partial charge in [-0.05, 0) is 43.2 Å². The van der Waals surface area contributed by atoms with E-state index in [-0.39, 0.29) is 30.9 Å². The van der Waals surface area contributed by atoms with Gasteiger partial charge in [-0.2, -0.15) is 0 Å². The normalized spacial score (nSPS) is 30.7. The standard InChI is InChI=1S/C32H35N3O5S/c1-31-15-6-17-33(21-22-9-4-3-5-10-22)28(37)25(31)26-29(38)35(19-8-20-36)27-30(39)34(18-7-16-32(26,27)41-31)23-11-13-24(40-2)14-12-23/h3-7,9-16,25-27,36H,8,17-21H2,1-2H3/t25-,26-,27?,31+,32-/m0/s1. The first-order chi connectivity index (χ1) is 19.8. The van der Waals surface area contributed by atoms with Crippen LogP contribution in [0.15, 0.2) is 78.9 Å². The average Bonchev–Trinajstić information content (AvgIpc) is 3.25. The minimum Gasteiger partial charge on any atom is -0.497 e. The second-order valence-electron chi connectivity index (χ2n) is 11.3. The minimum absolute atomic E-state index is 0.0658. The molecule has 0 bridgehead atoms. The molecule has 214 valence electrons. The molecule has 4 heterocycles. The molecular formula is C32H35N3O5S. The van der Waals surface area contributed by atoms with Gasteiger partial charge in [-0.15, -0.1) is 11.8 Å². The van der Waals surface area contributed by atoms with Crippen LogP contribution in [0, 0.1) is 11.8 Å². The van der Waals surface area contributed by atoms with Gasteiger partial charge in [0.1, 0.15) is 11.8 Å². The maximum Gasteiger partial charge on any atom is 0.251 e. The summed E-state index contributed by atoms with van der Waals surface area (Å²) in [4.78, 5) is 48.4. The quantitative estimate of drug-likeness (QED) is 0.512. The first kappa shape index (κ1) is 27.6. The summed E-state index contributed by atoms with van der Waals surface area (Å²) in [5, 5.41) is 9.66. The van der Waals surface area contributed by atoms with Gasteiger partial charge >= 0.3 is 0 Å². The molecule has 1 unspecified atom stereocenters. The minimum atomic E-state index is -0.917. The van der Waals surface area contributed by atoms with Gasteiger partial charge in [-0.25, -0.2) is 0 Å². The van der Waals surface area contributed by atoms with Crippen LogP contribution in [0.5, 0.6) is 5.75 Å². The Labute approximate surface area is 244 Å². The maximum atomic E-state index is 14.5. The number of aliphatic hydroxyl groups excluding tert-OH is 1. The van der Waals surface area contributed by atoms with Gasteiger partial charge in [0.2, 0.25) is 11.8 Å². The van der Waals surface area contributed by atoms with Crippen molar-refractivity contribution in [3.8, 4) is 5.75 Å². The van der Waals surface area contributed by atoms with E-state index in [1.165, 1.54) is 0 Å². The number of ether oxygens (including phenoxy) is 1. The van der Waals surface area contributed by atoms with Crippen LogP contribution in [-0.4, -0.2) is 81.5 Å². The molecule has 6 rings (SSSR count). The molecule has 2 aromatic rings. The Hall–Kier alpha value is -3.56. The van der Waals surface area contributed by atoms with Crippen molar-refractivity contribution in [1.29, 1.82) is 0 Å². The highest BCUT2D eigenvalue weighted by molar-refractivity contribution is 8.02. The highest BCUT2D eigenvalue weighted by atomic mass is 32.2. The van der Waals surface area contributed by atoms with E-state index in [1.54, 1.807) is 28.7 Å². The third-order valence-electron chi connectivity index (χ3n) is 8.80. The molecule has 2 saturated heterocycles. The van der Waals surface area contributed by atoms with E-state index in [0.717, 1.165) is 5.56 Å². The Balaban J connectivity index is 1.41. The fourth-order valence-corrected chi connectivity index (χ4v) is 9.15. The van der Waals surface area contributed by atoms with Crippen molar-refractivity contribution in [3.05, 3.63) is 84.5 Å². The zero-order valence-corrected chi connectivity index (χ0v) is 24.1. The highest BCUT2D eigenvalue weighted by Gasteiger charge is 2.73. The number of likely N-dealkylation sites (tertiary alicyclic amines) is 1. The number of thioether (sulfide) groups is 1. The van der Waals surface area contributed by atoms with Crippen molar-refractivity contribution >= 4 is 35.2 Å². The van der Waals surface area contributed by atoms with Crippen LogP contribution in [0.1, 0.15) is 18.9 Å². The molecule has 2 aromatic carbocycles. The Bertz CT molecular complexity index is 1400. The molecule has 4 aliphatic rings. The summed E-state index contributed by atoms with van der Waals surface area (Å²) >= 11 is 1.57. The molecule has 0 radical (unpaired) electrons. The molecule has 3 amide bonds. The van der Waals surface area contributed by atoms with Crippen molar-refractivity contribution in [1.82, 2.24) is 9.80 Å². The predicted molar refractivity (Wildman–Crippen MR) is 158 cm³/mol. The van der Waals surface area contributed by atoms with Gasteiger partial charge in [-0.1, -0.05) is 54.6 Å². The van der Waals surface area contributed by atoms with Gasteiger partial charge in [0.05, 0.1) is 23.7 Å². The number of hydrogen-bond donors (Lipinski definition) is 1. The van der Waals surface area contributed by atoms with Crippen LogP contribution in [0.4, 0.5) is 5.69 Å². The molecule has 0 saturated carbocycles. The smallest absolute Gasteiger partial charge is 0.251 e. The monoisotopic (exact) mass is 573 g/mol. The average molecular weight is 574 g/mol. The molecule has 5 atom stereocenters. The number of anilines is 1. The van der Waals surface area contributed by atoms with Crippen LogP contribution in [0.2, 0.25) is 0 Å². The van der Waals surface area contributed by atoms with E-state index in [9.17, 15) is 19.5 Å². The maximum absolute atomic E-state index is 14.5. The number of rotatable bonds is 7. The molecule has 2 fully saturated rings. The number of carbonyl (C=O) groups excluding carboxylic acids is 3. The van der Waals surface area contributed by atoms with E-state index in [4.69, 9.17) is 4.74 Å². The Kier molecular flexibility index (Phi) is 7.20. The summed E-state index contributed by atoms with van der Waals surface area (Å²) in [6, 6.07) is 16.4. The first-order valence-corrected chi connectivity index (χ1v) is 14.9. The number of carbonyl (C=O) groups is 3. The molecule has 1 N–H and O–H groups in total. The van der Waals surface area contributed by atoms with Crippen LogP contribution in [-0.2, 0) is 20.9 Å². The summed E-state index contributed by atoms with van der Waals surface area (Å²) in [7, 11) is 1.60. The molecule has 41 heavy (non-hydrogen) atoms. The number of amides is 3. The van der Waals surface area contributed by atoms with E-state index in [0.29, 0.717) is 37.5 Å². The lowest BCUT2D eigenvalue weighted by atomic mass is 9.74.